The summed E-state index contributed by atoms with van der Waals surface area (Å²) in [6.45, 7) is 5.06. The number of hydrogen-bond acceptors (Lipinski definition) is 3. The minimum atomic E-state index is -1.09. The first kappa shape index (κ1) is 11.1. The van der Waals surface area contributed by atoms with Crippen molar-refractivity contribution in [3.63, 3.8) is 0 Å². The Hall–Kier alpha value is -0.900. The summed E-state index contributed by atoms with van der Waals surface area (Å²) in [7, 11) is 1.51. The first-order valence-electron chi connectivity index (χ1n) is 3.85. The van der Waals surface area contributed by atoms with Gasteiger partial charge in [0.1, 0.15) is 0 Å². The number of carbonyl (C=O) groups excluding carboxylic acids is 1. The van der Waals surface area contributed by atoms with E-state index in [9.17, 15) is 4.79 Å². The van der Waals surface area contributed by atoms with Crippen molar-refractivity contribution in [2.75, 3.05) is 7.05 Å². The lowest BCUT2D eigenvalue weighted by molar-refractivity contribution is -0.122. The summed E-state index contributed by atoms with van der Waals surface area (Å²) < 4.78 is 0. The van der Waals surface area contributed by atoms with Gasteiger partial charge in [-0.05, 0) is 13.3 Å². The van der Waals surface area contributed by atoms with Crippen LogP contribution in [0.1, 0.15) is 13.3 Å². The number of carbonyl (C=O) groups is 1. The second-order valence-corrected chi connectivity index (χ2v) is 2.55. The van der Waals surface area contributed by atoms with E-state index in [1.165, 1.54) is 7.05 Å². The zero-order valence-electron chi connectivity index (χ0n) is 7.42. The Bertz CT molecular complexity index is 178. The smallest absolute Gasteiger partial charge is 0.228 e. The number of hydrogen-bond donors (Lipinski definition) is 3. The summed E-state index contributed by atoms with van der Waals surface area (Å²) >= 11 is 0. The van der Waals surface area contributed by atoms with E-state index in [2.05, 4.69) is 12.2 Å². The van der Waals surface area contributed by atoms with Crippen LogP contribution in [0.15, 0.2) is 0 Å². The average Bonchev–Trinajstić information content (AvgIpc) is 2.05. The molecule has 0 heterocycles. The van der Waals surface area contributed by atoms with E-state index in [4.69, 9.17) is 10.5 Å². The minimum Gasteiger partial charge on any atom is -0.387 e. The van der Waals surface area contributed by atoms with E-state index < -0.39 is 12.0 Å². The summed E-state index contributed by atoms with van der Waals surface area (Å²) in [6.07, 6.45) is -0.585. The fraction of sp³-hybridized carbons (Fsp3) is 0.625. The van der Waals surface area contributed by atoms with Crippen LogP contribution in [0.3, 0.4) is 0 Å². The van der Waals surface area contributed by atoms with Crippen LogP contribution in [0, 0.1) is 18.3 Å². The minimum absolute atomic E-state index is 0.0307. The molecule has 2 atom stereocenters. The molecule has 0 spiro atoms. The predicted molar refractivity (Wildman–Crippen MR) is 46.9 cm³/mol. The molecule has 4 heteroatoms. The lowest BCUT2D eigenvalue weighted by atomic mass is 9.96. The van der Waals surface area contributed by atoms with Gasteiger partial charge < -0.3 is 15.8 Å². The Morgan fingerprint density at radius 1 is 1.75 bits per heavy atom. The molecule has 3 N–H and O–H groups in total. The number of aliphatic hydroxyl groups excluding tert-OH is 1. The van der Waals surface area contributed by atoms with Crippen LogP contribution in [0.25, 0.3) is 0 Å². The third-order valence-corrected chi connectivity index (χ3v) is 1.71. The normalized spacial score (nSPS) is 15.0. The topological polar surface area (TPSA) is 73.2 Å². The van der Waals surface area contributed by atoms with E-state index in [-0.39, 0.29) is 11.6 Å². The van der Waals surface area contributed by atoms with Crippen LogP contribution in [0.4, 0.5) is 0 Å². The molecule has 0 aliphatic heterocycles. The Morgan fingerprint density at radius 3 is 2.50 bits per heavy atom. The molecule has 1 radical (unpaired) electrons. The third kappa shape index (κ3) is 2.62. The molecular formula is C8H15N2O2. The number of nitrogens with one attached hydrogen (secondary N) is 2. The predicted octanol–water partition coefficient (Wildman–Crippen LogP) is -0.0266. The highest BCUT2D eigenvalue weighted by molar-refractivity contribution is 6.04. The molecule has 0 fully saturated rings. The Morgan fingerprint density at radius 2 is 2.25 bits per heavy atom. The van der Waals surface area contributed by atoms with Crippen LogP contribution < -0.4 is 5.32 Å². The Labute approximate surface area is 72.5 Å². The molecule has 1 amide bonds. The maximum absolute atomic E-state index is 11.1. The third-order valence-electron chi connectivity index (χ3n) is 1.71. The quantitative estimate of drug-likeness (QED) is 0.520. The summed E-state index contributed by atoms with van der Waals surface area (Å²) in [5, 5.41) is 18.7. The van der Waals surface area contributed by atoms with E-state index >= 15 is 0 Å². The van der Waals surface area contributed by atoms with Gasteiger partial charge in [-0.15, -0.1) is 0 Å². The van der Waals surface area contributed by atoms with Crippen molar-refractivity contribution in [3.8, 4) is 0 Å². The fourth-order valence-corrected chi connectivity index (χ4v) is 0.953. The van der Waals surface area contributed by atoms with Crippen LogP contribution in [0.2, 0.25) is 0 Å². The Kier molecular flexibility index (Phi) is 4.51. The van der Waals surface area contributed by atoms with Crippen LogP contribution in [-0.4, -0.2) is 29.9 Å². The van der Waals surface area contributed by atoms with Gasteiger partial charge in [0.2, 0.25) is 5.91 Å². The summed E-state index contributed by atoms with van der Waals surface area (Å²) in [5.41, 5.74) is -0.0307. The largest absolute Gasteiger partial charge is 0.387 e. The van der Waals surface area contributed by atoms with E-state index in [1.807, 2.05) is 0 Å². The summed E-state index contributed by atoms with van der Waals surface area (Å²) in [4.78, 5) is 11.1. The molecule has 12 heavy (non-hydrogen) atoms. The molecule has 0 aromatic rings. The zero-order chi connectivity index (χ0) is 9.72. The van der Waals surface area contributed by atoms with Crippen molar-refractivity contribution in [1.82, 2.24) is 5.32 Å². The second kappa shape index (κ2) is 4.87. The maximum Gasteiger partial charge on any atom is 0.228 e. The summed E-state index contributed by atoms with van der Waals surface area (Å²) in [5.74, 6) is -0.798. The Balaban J connectivity index is 4.34. The highest BCUT2D eigenvalue weighted by Gasteiger charge is 2.22. The molecule has 0 rings (SSSR count). The second-order valence-electron chi connectivity index (χ2n) is 2.55. The molecule has 4 nitrogen and oxygen atoms in total. The van der Waals surface area contributed by atoms with E-state index in [0.717, 1.165) is 0 Å². The fourth-order valence-electron chi connectivity index (χ4n) is 0.953. The van der Waals surface area contributed by atoms with Crippen LogP contribution in [-0.2, 0) is 4.79 Å². The van der Waals surface area contributed by atoms with Crippen molar-refractivity contribution < 1.29 is 9.90 Å². The van der Waals surface area contributed by atoms with Crippen molar-refractivity contribution in [2.24, 2.45) is 5.92 Å². The molecule has 0 aromatic heterocycles. The molecule has 69 valence electrons. The standard InChI is InChI=1S/C8H15N2O2/c1-4-6(8(12)10-3)7(9)5(2)11/h5-6,9,11H,2,4H2,1,3H3,(H,10,12). The van der Waals surface area contributed by atoms with E-state index in [0.29, 0.717) is 6.42 Å². The molecule has 0 aromatic carbocycles. The van der Waals surface area contributed by atoms with Gasteiger partial charge in [0.05, 0.1) is 12.0 Å². The lowest BCUT2D eigenvalue weighted by Gasteiger charge is -2.16. The van der Waals surface area contributed by atoms with Crippen molar-refractivity contribution >= 4 is 11.6 Å². The van der Waals surface area contributed by atoms with Gasteiger partial charge >= 0.3 is 0 Å². The van der Waals surface area contributed by atoms with E-state index in [1.54, 1.807) is 6.92 Å². The van der Waals surface area contributed by atoms with Gasteiger partial charge in [0.15, 0.2) is 0 Å². The lowest BCUT2D eigenvalue weighted by Crippen LogP contribution is -2.36. The molecule has 0 saturated carbocycles. The van der Waals surface area contributed by atoms with Gasteiger partial charge in [-0.1, -0.05) is 6.92 Å². The number of rotatable bonds is 4. The summed E-state index contributed by atoms with van der Waals surface area (Å²) in [6, 6.07) is 0. The molecule has 0 saturated heterocycles. The zero-order valence-corrected chi connectivity index (χ0v) is 7.42. The average molecular weight is 171 g/mol. The molecular weight excluding hydrogens is 156 g/mol. The first-order valence-corrected chi connectivity index (χ1v) is 3.85. The molecule has 0 aliphatic carbocycles. The van der Waals surface area contributed by atoms with Gasteiger partial charge in [-0.3, -0.25) is 4.79 Å². The first-order chi connectivity index (χ1) is 5.54. The van der Waals surface area contributed by atoms with Crippen molar-refractivity contribution in [2.45, 2.75) is 19.4 Å². The number of aliphatic hydroxyl groups is 1. The van der Waals surface area contributed by atoms with Crippen molar-refractivity contribution in [1.29, 1.82) is 5.41 Å². The SMILES string of the molecule is [CH2]C(O)C(=N)C(CC)C(=O)NC. The molecule has 2 unspecified atom stereocenters. The molecule has 0 bridgehead atoms. The monoisotopic (exact) mass is 171 g/mol. The maximum atomic E-state index is 11.1. The highest BCUT2D eigenvalue weighted by Crippen LogP contribution is 2.07. The highest BCUT2D eigenvalue weighted by atomic mass is 16.3. The van der Waals surface area contributed by atoms with Gasteiger partial charge in [0, 0.05) is 12.8 Å². The van der Waals surface area contributed by atoms with Gasteiger partial charge in [0.25, 0.3) is 0 Å². The van der Waals surface area contributed by atoms with Gasteiger partial charge in [-0.25, -0.2) is 0 Å². The van der Waals surface area contributed by atoms with Crippen LogP contribution in [0.5, 0.6) is 0 Å². The van der Waals surface area contributed by atoms with Crippen LogP contribution >= 0.6 is 0 Å². The van der Waals surface area contributed by atoms with Crippen molar-refractivity contribution in [3.05, 3.63) is 6.92 Å². The number of amides is 1. The van der Waals surface area contributed by atoms with Gasteiger partial charge in [-0.2, -0.15) is 0 Å². The molecule has 0 aliphatic rings.